The Morgan fingerprint density at radius 3 is 2.76 bits per heavy atom. The van der Waals surface area contributed by atoms with Crippen LogP contribution < -0.4 is 10.2 Å². The van der Waals surface area contributed by atoms with Crippen LogP contribution in [-0.2, 0) is 6.54 Å². The predicted molar refractivity (Wildman–Crippen MR) is 84.3 cm³/mol. The summed E-state index contributed by atoms with van der Waals surface area (Å²) in [5.41, 5.74) is 2.48. The van der Waals surface area contributed by atoms with Crippen molar-refractivity contribution in [3.63, 3.8) is 0 Å². The molecule has 2 rings (SSSR count). The van der Waals surface area contributed by atoms with Crippen LogP contribution in [0.5, 0.6) is 0 Å². The van der Waals surface area contributed by atoms with Gasteiger partial charge in [0.2, 0.25) is 0 Å². The van der Waals surface area contributed by atoms with Gasteiger partial charge in [-0.15, -0.1) is 0 Å². The van der Waals surface area contributed by atoms with Gasteiger partial charge in [0.05, 0.1) is 11.5 Å². The number of aryl methyl sites for hydroxylation is 1. The van der Waals surface area contributed by atoms with Crippen LogP contribution in [0.25, 0.3) is 0 Å². The lowest BCUT2D eigenvalue weighted by atomic mass is 10.1. The third kappa shape index (κ3) is 3.49. The molecule has 1 heterocycles. The Morgan fingerprint density at radius 1 is 1.43 bits per heavy atom. The number of hydrogen-bond acceptors (Lipinski definition) is 5. The molecule has 0 aliphatic carbocycles. The molecule has 0 spiro atoms. The zero-order valence-electron chi connectivity index (χ0n) is 12.0. The minimum Gasteiger partial charge on any atom is -0.385 e. The number of thiazole rings is 1. The summed E-state index contributed by atoms with van der Waals surface area (Å²) in [7, 11) is 0. The number of nitro groups is 1. The first kappa shape index (κ1) is 15.2. The number of hydrogen-bond donors (Lipinski definition) is 1. The maximum Gasteiger partial charge on any atom is 0.307 e. The highest BCUT2D eigenvalue weighted by Gasteiger charge is 2.13. The minimum absolute atomic E-state index is 0.0352. The fourth-order valence-electron chi connectivity index (χ4n) is 2.02. The number of nitro benzene ring substituents is 1. The molecule has 112 valence electrons. The molecule has 1 aromatic heterocycles. The molecule has 0 bridgehead atoms. The number of benzene rings is 1. The van der Waals surface area contributed by atoms with Crippen molar-refractivity contribution >= 4 is 22.7 Å². The average Bonchev–Trinajstić information content (AvgIpc) is 2.77. The van der Waals surface area contributed by atoms with Gasteiger partial charge in [-0.2, -0.15) is 0 Å². The fraction of sp³-hybridized carbons (Fsp3) is 0.357. The van der Waals surface area contributed by atoms with Crippen molar-refractivity contribution < 1.29 is 4.92 Å². The molecule has 0 saturated carbocycles. The molecule has 0 amide bonds. The second kappa shape index (κ2) is 6.53. The Kier molecular flexibility index (Phi) is 4.74. The lowest BCUT2D eigenvalue weighted by Crippen LogP contribution is -2.16. The molecular weight excluding hydrogens is 290 g/mol. The maximum atomic E-state index is 11.8. The van der Waals surface area contributed by atoms with Crippen LogP contribution in [0.3, 0.4) is 0 Å². The normalized spacial score (nSPS) is 10.6. The average molecular weight is 307 g/mol. The van der Waals surface area contributed by atoms with Crippen LogP contribution in [-0.4, -0.2) is 16.0 Å². The molecule has 6 nitrogen and oxygen atoms in total. The molecule has 0 unspecified atom stereocenters. The molecule has 2 aromatic rings. The van der Waals surface area contributed by atoms with E-state index in [9.17, 15) is 14.9 Å². The predicted octanol–water partition coefficient (Wildman–Crippen LogP) is 3.00. The van der Waals surface area contributed by atoms with Gasteiger partial charge in [-0.05, 0) is 19.4 Å². The monoisotopic (exact) mass is 307 g/mol. The summed E-state index contributed by atoms with van der Waals surface area (Å²) in [5, 5.41) is 16.0. The molecule has 1 aromatic carbocycles. The zero-order chi connectivity index (χ0) is 15.4. The standard InChI is InChI=1S/C14H17N3O3S/c1-3-6-15-13-5-4-12(17(19)20)7-11(13)8-16-10(2)9-21-14(16)18/h4-5,7,9,15H,3,6,8H2,1-2H3. The van der Waals surface area contributed by atoms with E-state index in [2.05, 4.69) is 5.32 Å². The third-order valence-corrected chi connectivity index (χ3v) is 4.05. The van der Waals surface area contributed by atoms with Crippen molar-refractivity contribution in [2.75, 3.05) is 11.9 Å². The Labute approximate surface area is 126 Å². The van der Waals surface area contributed by atoms with Crippen LogP contribution in [0.4, 0.5) is 11.4 Å². The summed E-state index contributed by atoms with van der Waals surface area (Å²) in [5.74, 6) is 0. The Morgan fingerprint density at radius 2 is 2.19 bits per heavy atom. The van der Waals surface area contributed by atoms with Gasteiger partial charge in [0.25, 0.3) is 5.69 Å². The summed E-state index contributed by atoms with van der Waals surface area (Å²) in [6.07, 6.45) is 0.952. The van der Waals surface area contributed by atoms with Crippen LogP contribution in [0, 0.1) is 17.0 Å². The van der Waals surface area contributed by atoms with Crippen molar-refractivity contribution in [1.29, 1.82) is 0 Å². The number of non-ortho nitro benzene ring substituents is 1. The number of anilines is 1. The number of nitrogens with one attached hydrogen (secondary N) is 1. The van der Waals surface area contributed by atoms with E-state index in [-0.39, 0.29) is 10.6 Å². The van der Waals surface area contributed by atoms with Gasteiger partial charge in [0.1, 0.15) is 0 Å². The second-order valence-corrected chi connectivity index (χ2v) is 5.58. The highest BCUT2D eigenvalue weighted by atomic mass is 32.1. The van der Waals surface area contributed by atoms with Crippen molar-refractivity contribution in [2.45, 2.75) is 26.8 Å². The lowest BCUT2D eigenvalue weighted by molar-refractivity contribution is -0.384. The highest BCUT2D eigenvalue weighted by Crippen LogP contribution is 2.23. The summed E-state index contributed by atoms with van der Waals surface area (Å²) in [6.45, 7) is 5.02. The minimum atomic E-state index is -0.420. The van der Waals surface area contributed by atoms with E-state index in [1.807, 2.05) is 13.8 Å². The Balaban J connectivity index is 2.40. The van der Waals surface area contributed by atoms with E-state index >= 15 is 0 Å². The van der Waals surface area contributed by atoms with Crippen LogP contribution in [0.15, 0.2) is 28.4 Å². The molecule has 0 fully saturated rings. The molecule has 0 aliphatic heterocycles. The van der Waals surface area contributed by atoms with Gasteiger partial charge in [0.15, 0.2) is 0 Å². The molecule has 21 heavy (non-hydrogen) atoms. The zero-order valence-corrected chi connectivity index (χ0v) is 12.8. The molecule has 0 radical (unpaired) electrons. The van der Waals surface area contributed by atoms with E-state index in [0.29, 0.717) is 6.54 Å². The van der Waals surface area contributed by atoms with Crippen LogP contribution in [0.2, 0.25) is 0 Å². The van der Waals surface area contributed by atoms with E-state index in [4.69, 9.17) is 0 Å². The topological polar surface area (TPSA) is 77.2 Å². The van der Waals surface area contributed by atoms with Gasteiger partial charge in [-0.25, -0.2) is 0 Å². The van der Waals surface area contributed by atoms with Crippen molar-refractivity contribution in [3.8, 4) is 0 Å². The Bertz CT molecular complexity index is 706. The van der Waals surface area contributed by atoms with Gasteiger partial charge >= 0.3 is 4.87 Å². The van der Waals surface area contributed by atoms with Crippen molar-refractivity contribution in [1.82, 2.24) is 4.57 Å². The van der Waals surface area contributed by atoms with Gasteiger partial charge in [0, 0.05) is 41.0 Å². The lowest BCUT2D eigenvalue weighted by Gasteiger charge is -2.12. The summed E-state index contributed by atoms with van der Waals surface area (Å²) in [6, 6.07) is 4.71. The second-order valence-electron chi connectivity index (χ2n) is 4.75. The molecule has 7 heteroatoms. The molecule has 0 saturated heterocycles. The largest absolute Gasteiger partial charge is 0.385 e. The molecular formula is C14H17N3O3S. The fourth-order valence-corrected chi connectivity index (χ4v) is 2.76. The quantitative estimate of drug-likeness (QED) is 0.657. The SMILES string of the molecule is CCCNc1ccc([N+](=O)[O-])cc1Cn1c(C)csc1=O. The van der Waals surface area contributed by atoms with E-state index in [1.165, 1.54) is 12.1 Å². The van der Waals surface area contributed by atoms with E-state index < -0.39 is 4.92 Å². The molecule has 1 N–H and O–H groups in total. The van der Waals surface area contributed by atoms with Crippen molar-refractivity contribution in [3.05, 3.63) is 54.6 Å². The van der Waals surface area contributed by atoms with E-state index in [0.717, 1.165) is 41.2 Å². The molecule has 0 aliphatic rings. The third-order valence-electron chi connectivity index (χ3n) is 3.17. The maximum absolute atomic E-state index is 11.8. The summed E-state index contributed by atoms with van der Waals surface area (Å²) in [4.78, 5) is 22.3. The van der Waals surface area contributed by atoms with Gasteiger partial charge < -0.3 is 5.32 Å². The van der Waals surface area contributed by atoms with Crippen molar-refractivity contribution in [2.24, 2.45) is 0 Å². The van der Waals surface area contributed by atoms with Gasteiger partial charge in [-0.3, -0.25) is 19.5 Å². The summed E-state index contributed by atoms with van der Waals surface area (Å²) < 4.78 is 1.63. The number of rotatable bonds is 6. The van der Waals surface area contributed by atoms with Crippen LogP contribution >= 0.6 is 11.3 Å². The first-order valence-corrected chi connectivity index (χ1v) is 7.57. The van der Waals surface area contributed by atoms with Crippen LogP contribution in [0.1, 0.15) is 24.6 Å². The number of nitrogens with zero attached hydrogens (tertiary/aromatic N) is 2. The Hall–Kier alpha value is -2.15. The summed E-state index contributed by atoms with van der Waals surface area (Å²) >= 11 is 1.14. The van der Waals surface area contributed by atoms with Gasteiger partial charge in [-0.1, -0.05) is 18.3 Å². The van der Waals surface area contributed by atoms with E-state index in [1.54, 1.807) is 16.0 Å². The smallest absolute Gasteiger partial charge is 0.307 e. The number of aromatic nitrogens is 1. The first-order valence-electron chi connectivity index (χ1n) is 6.69. The highest BCUT2D eigenvalue weighted by molar-refractivity contribution is 7.07. The molecule has 0 atom stereocenters. The first-order chi connectivity index (χ1) is 10.0.